The monoisotopic (exact) mass is 469 g/mol. The van der Waals surface area contributed by atoms with E-state index in [0.29, 0.717) is 17.0 Å². The Morgan fingerprint density at radius 3 is 2.44 bits per heavy atom. The third-order valence-electron chi connectivity index (χ3n) is 6.02. The zero-order chi connectivity index (χ0) is 24.1. The first-order chi connectivity index (χ1) is 16.4. The van der Waals surface area contributed by atoms with Gasteiger partial charge in [0.15, 0.2) is 0 Å². The number of carboxylic acid groups (broad SMARTS) is 1. The molecule has 1 amide bonds. The normalized spacial score (nSPS) is 15.1. The fourth-order valence-corrected chi connectivity index (χ4v) is 4.20. The Morgan fingerprint density at radius 1 is 1.06 bits per heavy atom. The predicted octanol–water partition coefficient (Wildman–Crippen LogP) is 4.42. The van der Waals surface area contributed by atoms with E-state index in [1.165, 1.54) is 42.8 Å². The third kappa shape index (κ3) is 5.84. The lowest BCUT2D eigenvalue weighted by atomic mass is 9.89. The van der Waals surface area contributed by atoms with Crippen LogP contribution in [0, 0.1) is 11.6 Å². The zero-order valence-corrected chi connectivity index (χ0v) is 18.5. The highest BCUT2D eigenvalue weighted by molar-refractivity contribution is 5.85. The van der Waals surface area contributed by atoms with Gasteiger partial charge in [0.05, 0.1) is 12.0 Å². The summed E-state index contributed by atoms with van der Waals surface area (Å²) in [5, 5.41) is 15.9. The van der Waals surface area contributed by atoms with Crippen LogP contribution in [-0.4, -0.2) is 33.2 Å². The molecule has 1 fully saturated rings. The van der Waals surface area contributed by atoms with Gasteiger partial charge in [-0.1, -0.05) is 42.6 Å². The summed E-state index contributed by atoms with van der Waals surface area (Å²) in [6, 6.07) is 8.39. The number of hydrogen-bond acceptors (Lipinski definition) is 5. The van der Waals surface area contributed by atoms with E-state index in [1.54, 1.807) is 6.07 Å². The van der Waals surface area contributed by atoms with Crippen molar-refractivity contribution < 1.29 is 28.0 Å². The molecule has 2 aromatic carbocycles. The Labute approximate surface area is 195 Å². The zero-order valence-electron chi connectivity index (χ0n) is 18.5. The van der Waals surface area contributed by atoms with Crippen molar-refractivity contribution in [1.29, 1.82) is 0 Å². The molecule has 178 valence electrons. The summed E-state index contributed by atoms with van der Waals surface area (Å²) < 4.78 is 33.2. The number of halogens is 2. The van der Waals surface area contributed by atoms with E-state index in [2.05, 4.69) is 15.5 Å². The molecule has 4 rings (SSSR count). The molecule has 1 aromatic heterocycles. The molecule has 1 unspecified atom stereocenters. The molecular weight excluding hydrogens is 444 g/mol. The first-order valence-electron chi connectivity index (χ1n) is 11.3. The van der Waals surface area contributed by atoms with Gasteiger partial charge in [-0.3, -0.25) is 4.79 Å². The highest BCUT2D eigenvalue weighted by Gasteiger charge is 2.24. The second kappa shape index (κ2) is 10.5. The fourth-order valence-electron chi connectivity index (χ4n) is 4.20. The number of rotatable bonds is 8. The van der Waals surface area contributed by atoms with E-state index in [4.69, 9.17) is 4.52 Å². The minimum Gasteiger partial charge on any atom is -0.480 e. The molecule has 0 saturated heterocycles. The van der Waals surface area contributed by atoms with Crippen molar-refractivity contribution in [2.75, 3.05) is 0 Å². The van der Waals surface area contributed by atoms with E-state index in [0.717, 1.165) is 25.7 Å². The number of nitrogens with zero attached hydrogens (tertiary/aromatic N) is 2. The first-order valence-corrected chi connectivity index (χ1v) is 11.3. The molecule has 1 saturated carbocycles. The van der Waals surface area contributed by atoms with Crippen LogP contribution in [0.4, 0.5) is 8.78 Å². The lowest BCUT2D eigenvalue weighted by Gasteiger charge is -2.17. The van der Waals surface area contributed by atoms with Gasteiger partial charge in [-0.25, -0.2) is 13.6 Å². The predicted molar refractivity (Wildman–Crippen MR) is 119 cm³/mol. The molecule has 1 aliphatic carbocycles. The van der Waals surface area contributed by atoms with Crippen molar-refractivity contribution in [3.05, 3.63) is 71.1 Å². The topological polar surface area (TPSA) is 105 Å². The van der Waals surface area contributed by atoms with Crippen LogP contribution >= 0.6 is 0 Å². The smallest absolute Gasteiger partial charge is 0.326 e. The quantitative estimate of drug-likeness (QED) is 0.506. The van der Waals surface area contributed by atoms with Gasteiger partial charge < -0.3 is 14.9 Å². The van der Waals surface area contributed by atoms with Gasteiger partial charge in [0.25, 0.3) is 0 Å². The number of hydrogen-bond donors (Lipinski definition) is 2. The summed E-state index contributed by atoms with van der Waals surface area (Å²) in [6.07, 6.45) is 5.16. The third-order valence-corrected chi connectivity index (χ3v) is 6.02. The van der Waals surface area contributed by atoms with Crippen LogP contribution in [0.2, 0.25) is 0 Å². The second-order valence-electron chi connectivity index (χ2n) is 8.57. The number of nitrogens with one attached hydrogen (secondary N) is 1. The molecule has 0 radical (unpaired) electrons. The van der Waals surface area contributed by atoms with Crippen LogP contribution in [0.3, 0.4) is 0 Å². The number of carbonyl (C=O) groups excluding carboxylic acids is 1. The highest BCUT2D eigenvalue weighted by Crippen LogP contribution is 2.33. The lowest BCUT2D eigenvalue weighted by molar-refractivity contribution is -0.141. The molecule has 0 spiro atoms. The van der Waals surface area contributed by atoms with Crippen molar-refractivity contribution in [2.45, 2.75) is 56.9 Å². The van der Waals surface area contributed by atoms with E-state index in [-0.39, 0.29) is 30.1 Å². The molecule has 1 aliphatic rings. The van der Waals surface area contributed by atoms with E-state index < -0.39 is 29.6 Å². The molecule has 7 nitrogen and oxygen atoms in total. The van der Waals surface area contributed by atoms with Crippen molar-refractivity contribution in [2.24, 2.45) is 0 Å². The molecule has 2 N–H and O–H groups in total. The summed E-state index contributed by atoms with van der Waals surface area (Å²) in [4.78, 5) is 28.3. The maximum Gasteiger partial charge on any atom is 0.326 e. The molecule has 1 atom stereocenters. The number of aromatic nitrogens is 2. The van der Waals surface area contributed by atoms with Gasteiger partial charge in [0.1, 0.15) is 17.7 Å². The standard InChI is InChI=1S/C25H25F2N3O4/c26-18-9-6-15(7-10-18)14-22(31)28-21(25(32)33)13-16-8-11-19(20(27)12-16)23-29-24(34-30-23)17-4-2-1-3-5-17/h6-12,17,21H,1-5,13-14H2,(H,28,31)(H,32,33). The van der Waals surface area contributed by atoms with Crippen LogP contribution in [0.5, 0.6) is 0 Å². The molecular formula is C25H25F2N3O4. The van der Waals surface area contributed by atoms with Gasteiger partial charge in [-0.15, -0.1) is 0 Å². The molecule has 34 heavy (non-hydrogen) atoms. The highest BCUT2D eigenvalue weighted by atomic mass is 19.1. The maximum absolute atomic E-state index is 14.8. The molecule has 9 heteroatoms. The Bertz CT molecular complexity index is 1160. The van der Waals surface area contributed by atoms with Gasteiger partial charge in [0, 0.05) is 12.3 Å². The minimum absolute atomic E-state index is 0.0987. The number of benzene rings is 2. The summed E-state index contributed by atoms with van der Waals surface area (Å²) in [5.41, 5.74) is 1.11. The van der Waals surface area contributed by atoms with E-state index >= 15 is 0 Å². The number of carboxylic acids is 1. The van der Waals surface area contributed by atoms with Crippen LogP contribution in [0.25, 0.3) is 11.4 Å². The largest absolute Gasteiger partial charge is 0.480 e. The van der Waals surface area contributed by atoms with Gasteiger partial charge >= 0.3 is 5.97 Å². The molecule has 1 heterocycles. The Kier molecular flexibility index (Phi) is 7.30. The lowest BCUT2D eigenvalue weighted by Crippen LogP contribution is -2.43. The van der Waals surface area contributed by atoms with Crippen molar-refractivity contribution in [3.63, 3.8) is 0 Å². The summed E-state index contributed by atoms with van der Waals surface area (Å²) in [7, 11) is 0. The Morgan fingerprint density at radius 2 is 1.76 bits per heavy atom. The molecule has 3 aromatic rings. The average Bonchev–Trinajstić information content (AvgIpc) is 3.31. The van der Waals surface area contributed by atoms with Gasteiger partial charge in [0.2, 0.25) is 17.6 Å². The van der Waals surface area contributed by atoms with Crippen LogP contribution in [-0.2, 0) is 22.4 Å². The number of aliphatic carboxylic acids is 1. The summed E-state index contributed by atoms with van der Waals surface area (Å²) in [5.74, 6) is -1.92. The Hall–Kier alpha value is -3.62. The van der Waals surface area contributed by atoms with Gasteiger partial charge in [-0.2, -0.15) is 4.98 Å². The SMILES string of the molecule is O=C(Cc1ccc(F)cc1)NC(Cc1ccc(-c2noc(C3CCCCC3)n2)c(F)c1)C(=O)O. The van der Waals surface area contributed by atoms with Crippen molar-refractivity contribution in [3.8, 4) is 11.4 Å². The Balaban J connectivity index is 1.41. The minimum atomic E-state index is -1.25. The number of carbonyl (C=O) groups is 2. The van der Waals surface area contributed by atoms with Crippen LogP contribution in [0.1, 0.15) is 55.0 Å². The van der Waals surface area contributed by atoms with Gasteiger partial charge in [-0.05, 0) is 48.2 Å². The first kappa shape index (κ1) is 23.5. The summed E-state index contributed by atoms with van der Waals surface area (Å²) >= 11 is 0. The van der Waals surface area contributed by atoms with Crippen LogP contribution < -0.4 is 5.32 Å². The van der Waals surface area contributed by atoms with E-state index in [1.807, 2.05) is 0 Å². The van der Waals surface area contributed by atoms with Crippen molar-refractivity contribution >= 4 is 11.9 Å². The summed E-state index contributed by atoms with van der Waals surface area (Å²) in [6.45, 7) is 0. The average molecular weight is 469 g/mol. The molecule has 0 bridgehead atoms. The van der Waals surface area contributed by atoms with Crippen molar-refractivity contribution in [1.82, 2.24) is 15.5 Å². The van der Waals surface area contributed by atoms with Crippen LogP contribution in [0.15, 0.2) is 47.0 Å². The number of amides is 1. The molecule has 0 aliphatic heterocycles. The fraction of sp³-hybridized carbons (Fsp3) is 0.360. The maximum atomic E-state index is 14.8. The second-order valence-corrected chi connectivity index (χ2v) is 8.57. The van der Waals surface area contributed by atoms with E-state index in [9.17, 15) is 23.5 Å².